The van der Waals surface area contributed by atoms with Gasteiger partial charge in [0.25, 0.3) is 10.1 Å². The summed E-state index contributed by atoms with van der Waals surface area (Å²) >= 11 is 7.13. The Labute approximate surface area is 164 Å². The molecular formula is C17H14ClN3O4S2. The van der Waals surface area contributed by atoms with Crippen LogP contribution >= 0.6 is 22.9 Å². The molecule has 0 aliphatic carbocycles. The van der Waals surface area contributed by atoms with Crippen LogP contribution in [0, 0.1) is 5.41 Å². The number of ketones is 1. The van der Waals surface area contributed by atoms with Crippen LogP contribution < -0.4 is 11.2 Å². The van der Waals surface area contributed by atoms with Crippen molar-refractivity contribution >= 4 is 54.9 Å². The maximum Gasteiger partial charge on any atom is 0.295 e. The summed E-state index contributed by atoms with van der Waals surface area (Å²) in [5, 5.41) is 8.36. The number of nitrogens with two attached hydrogens (primary N) is 1. The normalized spacial score (nSPS) is 11.4. The van der Waals surface area contributed by atoms with Crippen molar-refractivity contribution in [2.45, 2.75) is 0 Å². The highest BCUT2D eigenvalue weighted by molar-refractivity contribution is 7.87. The third-order valence-electron chi connectivity index (χ3n) is 3.58. The SMILES string of the molecule is N=C(N)NOS(=O)(=O)CC(=O)c1cc2c(-c3ccc(Cl)cc3)cccc2s1. The van der Waals surface area contributed by atoms with Crippen LogP contribution in [0.2, 0.25) is 5.02 Å². The number of nitrogens with one attached hydrogen (secondary N) is 2. The van der Waals surface area contributed by atoms with Crippen molar-refractivity contribution in [1.29, 1.82) is 5.41 Å². The number of benzene rings is 2. The van der Waals surface area contributed by atoms with Crippen molar-refractivity contribution in [2.24, 2.45) is 5.73 Å². The van der Waals surface area contributed by atoms with E-state index in [9.17, 15) is 13.2 Å². The molecular weight excluding hydrogens is 410 g/mol. The van der Waals surface area contributed by atoms with Crippen LogP contribution in [0.25, 0.3) is 21.2 Å². The molecule has 0 aliphatic heterocycles. The lowest BCUT2D eigenvalue weighted by atomic mass is 10.0. The minimum atomic E-state index is -4.22. The first-order valence-electron chi connectivity index (χ1n) is 7.58. The lowest BCUT2D eigenvalue weighted by molar-refractivity contribution is 0.102. The fourth-order valence-corrected chi connectivity index (χ4v) is 4.44. The van der Waals surface area contributed by atoms with Gasteiger partial charge in [-0.05, 0) is 35.4 Å². The lowest BCUT2D eigenvalue weighted by Gasteiger charge is -2.04. The Bertz CT molecular complexity index is 1120. The Morgan fingerprint density at radius 3 is 2.59 bits per heavy atom. The number of hydrogen-bond donors (Lipinski definition) is 3. The molecule has 0 amide bonds. The van der Waals surface area contributed by atoms with Crippen molar-refractivity contribution in [3.63, 3.8) is 0 Å². The fourth-order valence-electron chi connectivity index (χ4n) is 2.45. The average molecular weight is 424 g/mol. The summed E-state index contributed by atoms with van der Waals surface area (Å²) in [4.78, 5) is 12.7. The Morgan fingerprint density at radius 2 is 1.93 bits per heavy atom. The molecule has 1 aromatic heterocycles. The van der Waals surface area contributed by atoms with Crippen LogP contribution in [0.15, 0.2) is 48.5 Å². The van der Waals surface area contributed by atoms with E-state index in [1.54, 1.807) is 23.7 Å². The average Bonchev–Trinajstić information content (AvgIpc) is 3.05. The van der Waals surface area contributed by atoms with Gasteiger partial charge in [-0.2, -0.15) is 8.42 Å². The number of thiophene rings is 1. The first-order chi connectivity index (χ1) is 12.7. The van der Waals surface area contributed by atoms with Crippen molar-refractivity contribution in [1.82, 2.24) is 5.48 Å². The van der Waals surface area contributed by atoms with Crippen LogP contribution in [0.3, 0.4) is 0 Å². The third-order valence-corrected chi connectivity index (χ3v) is 5.92. The number of guanidine groups is 1. The van der Waals surface area contributed by atoms with Crippen molar-refractivity contribution in [2.75, 3.05) is 5.75 Å². The van der Waals surface area contributed by atoms with Crippen LogP contribution in [0.5, 0.6) is 0 Å². The van der Waals surface area contributed by atoms with Gasteiger partial charge in [0.1, 0.15) is 5.75 Å². The fraction of sp³-hybridized carbons (Fsp3) is 0.0588. The van der Waals surface area contributed by atoms with Crippen LogP contribution in [-0.2, 0) is 14.4 Å². The Morgan fingerprint density at radius 1 is 1.22 bits per heavy atom. The topological polar surface area (TPSA) is 122 Å². The summed E-state index contributed by atoms with van der Waals surface area (Å²) in [6, 6.07) is 14.6. The summed E-state index contributed by atoms with van der Waals surface area (Å²) in [6.45, 7) is 0. The van der Waals surface area contributed by atoms with Gasteiger partial charge in [0.05, 0.1) is 4.88 Å². The van der Waals surface area contributed by atoms with Crippen LogP contribution in [-0.4, -0.2) is 25.9 Å². The summed E-state index contributed by atoms with van der Waals surface area (Å²) in [6.07, 6.45) is 0. The molecule has 7 nitrogen and oxygen atoms in total. The molecule has 27 heavy (non-hydrogen) atoms. The highest BCUT2D eigenvalue weighted by Gasteiger charge is 2.22. The highest BCUT2D eigenvalue weighted by Crippen LogP contribution is 2.34. The van der Waals surface area contributed by atoms with E-state index in [-0.39, 0.29) is 0 Å². The first kappa shape index (κ1) is 19.3. The Balaban J connectivity index is 1.90. The third kappa shape index (κ3) is 4.64. The zero-order chi connectivity index (χ0) is 19.6. The molecule has 0 unspecified atom stereocenters. The molecule has 2 aromatic carbocycles. The molecule has 140 valence electrons. The van der Waals surface area contributed by atoms with Gasteiger partial charge in [-0.15, -0.1) is 15.6 Å². The van der Waals surface area contributed by atoms with Crippen molar-refractivity contribution < 1.29 is 17.5 Å². The smallest absolute Gasteiger partial charge is 0.295 e. The minimum Gasteiger partial charge on any atom is -0.368 e. The van der Waals surface area contributed by atoms with Crippen LogP contribution in [0.1, 0.15) is 9.67 Å². The van der Waals surface area contributed by atoms with E-state index < -0.39 is 27.6 Å². The molecule has 3 aromatic rings. The lowest BCUT2D eigenvalue weighted by Crippen LogP contribution is -2.34. The molecule has 0 saturated heterocycles. The van der Waals surface area contributed by atoms with Gasteiger partial charge in [-0.25, -0.2) is 5.48 Å². The molecule has 4 N–H and O–H groups in total. The van der Waals surface area contributed by atoms with E-state index in [1.807, 2.05) is 30.3 Å². The number of hydrogen-bond acceptors (Lipinski definition) is 6. The largest absolute Gasteiger partial charge is 0.368 e. The van der Waals surface area contributed by atoms with Crippen LogP contribution in [0.4, 0.5) is 0 Å². The molecule has 0 atom stereocenters. The zero-order valence-corrected chi connectivity index (χ0v) is 16.1. The van der Waals surface area contributed by atoms with E-state index in [1.165, 1.54) is 11.3 Å². The van der Waals surface area contributed by atoms with Gasteiger partial charge in [-0.1, -0.05) is 35.9 Å². The summed E-state index contributed by atoms with van der Waals surface area (Å²) < 4.78 is 28.7. The van der Waals surface area contributed by atoms with Gasteiger partial charge in [0.2, 0.25) is 5.96 Å². The van der Waals surface area contributed by atoms with E-state index in [2.05, 4.69) is 4.28 Å². The summed E-state index contributed by atoms with van der Waals surface area (Å²) in [5.41, 5.74) is 8.53. The minimum absolute atomic E-state index is 0.293. The molecule has 0 bridgehead atoms. The van der Waals surface area contributed by atoms with Crippen molar-refractivity contribution in [3.8, 4) is 11.1 Å². The quantitative estimate of drug-likeness (QED) is 0.242. The highest BCUT2D eigenvalue weighted by atomic mass is 35.5. The number of fused-ring (bicyclic) bond motifs is 1. The van der Waals surface area contributed by atoms with E-state index in [0.717, 1.165) is 21.2 Å². The number of halogens is 1. The maximum atomic E-state index is 12.4. The van der Waals surface area contributed by atoms with Gasteiger partial charge in [0.15, 0.2) is 5.78 Å². The van der Waals surface area contributed by atoms with E-state index >= 15 is 0 Å². The van der Waals surface area contributed by atoms with Gasteiger partial charge >= 0.3 is 0 Å². The van der Waals surface area contributed by atoms with Crippen molar-refractivity contribution in [3.05, 3.63) is 58.4 Å². The summed E-state index contributed by atoms with van der Waals surface area (Å²) in [5.74, 6) is -2.15. The monoisotopic (exact) mass is 423 g/mol. The molecule has 0 aliphatic rings. The standard InChI is InChI=1S/C17H14ClN3O4S2/c18-11-6-4-10(5-7-11)12-2-1-3-15-13(12)8-16(26-15)14(22)9-27(23,24)25-21-17(19)20/h1-8H,9H2,(H4,19,20,21). The van der Waals surface area contributed by atoms with E-state index in [4.69, 9.17) is 22.7 Å². The maximum absolute atomic E-state index is 12.4. The molecule has 0 saturated carbocycles. The predicted octanol–water partition coefficient (Wildman–Crippen LogP) is 3.15. The second-order valence-electron chi connectivity index (χ2n) is 5.56. The Hall–Kier alpha value is -2.46. The number of rotatable bonds is 6. The number of carbonyl (C=O) groups is 1. The number of Topliss-reactive ketones (excluding diaryl/α,β-unsaturated/α-hetero) is 1. The first-order valence-corrected chi connectivity index (χ1v) is 10.4. The number of hydroxylamine groups is 1. The molecule has 0 fully saturated rings. The predicted molar refractivity (Wildman–Crippen MR) is 107 cm³/mol. The molecule has 0 spiro atoms. The molecule has 1 heterocycles. The molecule has 3 rings (SSSR count). The second kappa shape index (κ2) is 7.65. The van der Waals surface area contributed by atoms with E-state index in [0.29, 0.717) is 9.90 Å². The van der Waals surface area contributed by atoms with Gasteiger partial charge < -0.3 is 5.73 Å². The number of carbonyl (C=O) groups excluding carboxylic acids is 1. The zero-order valence-electron chi connectivity index (χ0n) is 13.7. The second-order valence-corrected chi connectivity index (χ2v) is 8.65. The Kier molecular flexibility index (Phi) is 5.47. The molecule has 0 radical (unpaired) electrons. The van der Waals surface area contributed by atoms with Gasteiger partial charge in [0, 0.05) is 15.1 Å². The van der Waals surface area contributed by atoms with Gasteiger partial charge in [-0.3, -0.25) is 10.2 Å². The summed E-state index contributed by atoms with van der Waals surface area (Å²) in [7, 11) is -4.22. The molecule has 10 heteroatoms.